The van der Waals surface area contributed by atoms with Crippen molar-refractivity contribution in [2.24, 2.45) is 0 Å². The average molecular weight is 1050 g/mol. The molecule has 0 aliphatic carbocycles. The van der Waals surface area contributed by atoms with Gasteiger partial charge in [-0.25, -0.2) is 0 Å². The molecule has 0 saturated heterocycles. The molecule has 0 aromatic carbocycles. The summed E-state index contributed by atoms with van der Waals surface area (Å²) in [5, 5.41) is 0. The van der Waals surface area contributed by atoms with E-state index < -0.39 is 6.10 Å². The average Bonchev–Trinajstić information content (AvgIpc) is 3.42. The fourth-order valence-electron chi connectivity index (χ4n) is 8.02. The third kappa shape index (κ3) is 60.2. The third-order valence-corrected chi connectivity index (χ3v) is 12.6. The SMILES string of the molecule is CC/C=C\C/C=C\C/C=C\C/C=C\C/C=C\C/C=C\C/C=C\CCCCCCCCCC(=O)OCC(COC(=O)CC/C=C\C/C=C\C/C=C\C/C=C\CC)OC(=O)CCCCCCC/C=C\CCCCCCCCC. The number of esters is 3. The largest absolute Gasteiger partial charge is 0.462 e. The Hall–Kier alpha value is -4.71. The first kappa shape index (κ1) is 71.3. The number of hydrogen-bond acceptors (Lipinski definition) is 6. The second-order valence-electron chi connectivity index (χ2n) is 19.8. The lowest BCUT2D eigenvalue weighted by atomic mass is 10.1. The van der Waals surface area contributed by atoms with E-state index >= 15 is 0 Å². The number of carbonyl (C=O) groups is 3. The number of carbonyl (C=O) groups excluding carboxylic acids is 3. The zero-order valence-electron chi connectivity index (χ0n) is 49.0. The molecule has 0 aliphatic heterocycles. The molecule has 1 atom stereocenters. The number of rotatable bonds is 54. The van der Waals surface area contributed by atoms with Gasteiger partial charge in [-0.15, -0.1) is 0 Å². The van der Waals surface area contributed by atoms with Crippen LogP contribution >= 0.6 is 0 Å². The summed E-state index contributed by atoms with van der Waals surface area (Å²) in [6, 6.07) is 0. The maximum absolute atomic E-state index is 12.9. The number of ether oxygens (including phenoxy) is 3. The number of hydrogen-bond donors (Lipinski definition) is 0. The van der Waals surface area contributed by atoms with Crippen molar-refractivity contribution in [2.45, 2.75) is 264 Å². The molecule has 0 spiro atoms. The van der Waals surface area contributed by atoms with E-state index in [-0.39, 0.29) is 37.5 Å². The Morgan fingerprint density at radius 1 is 0.276 bits per heavy atom. The molecule has 0 fully saturated rings. The highest BCUT2D eigenvalue weighted by molar-refractivity contribution is 5.71. The molecule has 0 rings (SSSR count). The van der Waals surface area contributed by atoms with Crippen LogP contribution in [0.4, 0.5) is 0 Å². The smallest absolute Gasteiger partial charge is 0.306 e. The molecular formula is C70H112O6. The second-order valence-corrected chi connectivity index (χ2v) is 19.8. The molecule has 6 heteroatoms. The summed E-state index contributed by atoms with van der Waals surface area (Å²) >= 11 is 0. The minimum absolute atomic E-state index is 0.114. The first-order valence-electron chi connectivity index (χ1n) is 30.8. The molecular weight excluding hydrogens is 937 g/mol. The fourth-order valence-corrected chi connectivity index (χ4v) is 8.02. The van der Waals surface area contributed by atoms with E-state index in [9.17, 15) is 14.4 Å². The second kappa shape index (κ2) is 62.8. The highest BCUT2D eigenvalue weighted by Gasteiger charge is 2.19. The number of unbranched alkanes of at least 4 members (excludes halogenated alkanes) is 19. The Morgan fingerprint density at radius 3 is 0.895 bits per heavy atom. The minimum atomic E-state index is -0.822. The summed E-state index contributed by atoms with van der Waals surface area (Å²) in [6.07, 6.45) is 90.1. The van der Waals surface area contributed by atoms with E-state index in [4.69, 9.17) is 14.2 Å². The lowest BCUT2D eigenvalue weighted by molar-refractivity contribution is -0.166. The van der Waals surface area contributed by atoms with Gasteiger partial charge in [-0.1, -0.05) is 256 Å². The Balaban J connectivity index is 4.39. The Bertz CT molecular complexity index is 1680. The maximum atomic E-state index is 12.9. The van der Waals surface area contributed by atoms with Crippen LogP contribution in [-0.2, 0) is 28.6 Å². The highest BCUT2D eigenvalue weighted by atomic mass is 16.6. The number of allylic oxidation sites excluding steroid dienone is 24. The Morgan fingerprint density at radius 2 is 0.539 bits per heavy atom. The molecule has 0 bridgehead atoms. The lowest BCUT2D eigenvalue weighted by Crippen LogP contribution is -2.30. The molecule has 0 amide bonds. The van der Waals surface area contributed by atoms with Gasteiger partial charge in [0.15, 0.2) is 6.10 Å². The van der Waals surface area contributed by atoms with Crippen molar-refractivity contribution in [1.82, 2.24) is 0 Å². The van der Waals surface area contributed by atoms with E-state index in [0.717, 1.165) is 128 Å². The molecule has 6 nitrogen and oxygen atoms in total. The van der Waals surface area contributed by atoms with Gasteiger partial charge in [0.2, 0.25) is 0 Å². The fraction of sp³-hybridized carbons (Fsp3) is 0.614. The quantitative estimate of drug-likeness (QED) is 0.0261. The molecule has 1 unspecified atom stereocenters. The molecule has 76 heavy (non-hydrogen) atoms. The summed E-state index contributed by atoms with van der Waals surface area (Å²) in [6.45, 7) is 6.32. The van der Waals surface area contributed by atoms with Crippen LogP contribution in [-0.4, -0.2) is 37.2 Å². The third-order valence-electron chi connectivity index (χ3n) is 12.6. The lowest BCUT2D eigenvalue weighted by Gasteiger charge is -2.18. The van der Waals surface area contributed by atoms with Crippen LogP contribution in [0.5, 0.6) is 0 Å². The molecule has 0 heterocycles. The van der Waals surface area contributed by atoms with Gasteiger partial charge >= 0.3 is 17.9 Å². The topological polar surface area (TPSA) is 78.9 Å². The van der Waals surface area contributed by atoms with E-state index in [1.807, 2.05) is 12.2 Å². The Kier molecular flexibility index (Phi) is 58.9. The van der Waals surface area contributed by atoms with Crippen molar-refractivity contribution < 1.29 is 28.6 Å². The van der Waals surface area contributed by atoms with Crippen molar-refractivity contribution in [3.8, 4) is 0 Å². The predicted molar refractivity (Wildman–Crippen MR) is 329 cm³/mol. The van der Waals surface area contributed by atoms with Crippen molar-refractivity contribution in [3.63, 3.8) is 0 Å². The van der Waals surface area contributed by atoms with Crippen molar-refractivity contribution >= 4 is 17.9 Å². The van der Waals surface area contributed by atoms with Gasteiger partial charge in [0.25, 0.3) is 0 Å². The van der Waals surface area contributed by atoms with Crippen LogP contribution < -0.4 is 0 Å². The molecule has 0 aromatic heterocycles. The maximum Gasteiger partial charge on any atom is 0.306 e. The monoisotopic (exact) mass is 1050 g/mol. The van der Waals surface area contributed by atoms with E-state index in [2.05, 4.69) is 154 Å². The van der Waals surface area contributed by atoms with Crippen LogP contribution in [0.3, 0.4) is 0 Å². The summed E-state index contributed by atoms with van der Waals surface area (Å²) in [5.41, 5.74) is 0. The van der Waals surface area contributed by atoms with Gasteiger partial charge < -0.3 is 14.2 Å². The molecule has 0 saturated carbocycles. The van der Waals surface area contributed by atoms with Crippen LogP contribution in [0.15, 0.2) is 146 Å². The minimum Gasteiger partial charge on any atom is -0.462 e. The van der Waals surface area contributed by atoms with Crippen molar-refractivity contribution in [3.05, 3.63) is 146 Å². The molecule has 0 radical (unpaired) electrons. The Labute approximate surface area is 467 Å². The zero-order valence-corrected chi connectivity index (χ0v) is 49.0. The van der Waals surface area contributed by atoms with E-state index in [0.29, 0.717) is 19.3 Å². The van der Waals surface area contributed by atoms with Crippen LogP contribution in [0, 0.1) is 0 Å². The molecule has 0 N–H and O–H groups in total. The van der Waals surface area contributed by atoms with Crippen LogP contribution in [0.1, 0.15) is 258 Å². The van der Waals surface area contributed by atoms with Crippen molar-refractivity contribution in [1.29, 1.82) is 0 Å². The molecule has 428 valence electrons. The van der Waals surface area contributed by atoms with Gasteiger partial charge in [0.1, 0.15) is 13.2 Å². The van der Waals surface area contributed by atoms with E-state index in [1.165, 1.54) is 83.5 Å². The summed E-state index contributed by atoms with van der Waals surface area (Å²) < 4.78 is 16.8. The standard InChI is InChI=1S/C70H112O6/c1-4-7-10-13-16-19-22-25-27-29-30-31-32-33-34-35-36-37-38-39-40-41-43-45-48-51-54-57-60-63-69(72)75-66-67(65-74-68(71)62-59-56-53-50-47-44-24-21-18-15-12-9-6-3)76-70(73)64-61-58-55-52-49-46-42-28-26-23-20-17-14-11-8-5-2/h7,9-10,12,16,18-19,21,25,27-28,30-31,33-34,36-37,39-40,42,44,47,53,56,67H,4-6,8,11,13-15,17,20,22-24,26,29,32,35,38,41,43,45-46,48-52,54-55,57-66H2,1-3H3/b10-7-,12-9-,19-16-,21-18-,27-25-,31-30-,34-33-,37-36-,40-39-,42-28-,47-44-,56-53-. The first-order chi connectivity index (χ1) is 37.5. The van der Waals surface area contributed by atoms with Gasteiger partial charge in [0.05, 0.1) is 0 Å². The summed E-state index contributed by atoms with van der Waals surface area (Å²) in [5.74, 6) is -1.02. The van der Waals surface area contributed by atoms with Gasteiger partial charge in [-0.05, 0) is 128 Å². The van der Waals surface area contributed by atoms with Gasteiger partial charge in [0, 0.05) is 19.3 Å². The highest BCUT2D eigenvalue weighted by Crippen LogP contribution is 2.14. The first-order valence-corrected chi connectivity index (χ1v) is 30.8. The van der Waals surface area contributed by atoms with Gasteiger partial charge in [-0.3, -0.25) is 14.4 Å². The molecule has 0 aromatic rings. The van der Waals surface area contributed by atoms with Crippen LogP contribution in [0.2, 0.25) is 0 Å². The van der Waals surface area contributed by atoms with Crippen LogP contribution in [0.25, 0.3) is 0 Å². The summed E-state index contributed by atoms with van der Waals surface area (Å²) in [7, 11) is 0. The van der Waals surface area contributed by atoms with Gasteiger partial charge in [-0.2, -0.15) is 0 Å². The predicted octanol–water partition coefficient (Wildman–Crippen LogP) is 21.2. The van der Waals surface area contributed by atoms with E-state index in [1.54, 1.807) is 0 Å². The summed E-state index contributed by atoms with van der Waals surface area (Å²) in [4.78, 5) is 38.2. The normalized spacial score (nSPS) is 13.1. The van der Waals surface area contributed by atoms with Crippen molar-refractivity contribution in [2.75, 3.05) is 13.2 Å². The zero-order chi connectivity index (χ0) is 55.0. The molecule has 0 aliphatic rings.